The second-order valence-corrected chi connectivity index (χ2v) is 4.90. The van der Waals surface area contributed by atoms with Gasteiger partial charge in [0.05, 0.1) is 15.1 Å². The lowest BCUT2D eigenvalue weighted by atomic mass is 10.1. The van der Waals surface area contributed by atoms with Crippen molar-refractivity contribution in [2.75, 3.05) is 0 Å². The van der Waals surface area contributed by atoms with Crippen molar-refractivity contribution in [3.8, 4) is 11.1 Å². The molecule has 2 rings (SSSR count). The van der Waals surface area contributed by atoms with Crippen LogP contribution in [0.5, 0.6) is 0 Å². The zero-order chi connectivity index (χ0) is 14.2. The van der Waals surface area contributed by atoms with Crippen LogP contribution in [0.15, 0.2) is 29.2 Å². The van der Waals surface area contributed by atoms with Crippen molar-refractivity contribution >= 4 is 40.8 Å². The van der Waals surface area contributed by atoms with Crippen LogP contribution in [0.3, 0.4) is 0 Å². The SMILES string of the molecule is O=C(O)c1cc(-c2cc(Cl)c(Cl)cc2Cl)c[nH]c1=O. The molecule has 0 aliphatic heterocycles. The van der Waals surface area contributed by atoms with Crippen molar-refractivity contribution in [3.63, 3.8) is 0 Å². The topological polar surface area (TPSA) is 70.2 Å². The number of hydrogen-bond donors (Lipinski definition) is 2. The maximum absolute atomic E-state index is 11.3. The van der Waals surface area contributed by atoms with Crippen LogP contribution in [-0.2, 0) is 0 Å². The first-order valence-corrected chi connectivity index (χ1v) is 6.14. The van der Waals surface area contributed by atoms with Crippen molar-refractivity contribution in [3.05, 3.63) is 55.4 Å². The molecule has 0 aliphatic carbocycles. The first kappa shape index (κ1) is 13.9. The van der Waals surface area contributed by atoms with Crippen molar-refractivity contribution in [1.82, 2.24) is 4.98 Å². The van der Waals surface area contributed by atoms with E-state index in [1.165, 1.54) is 24.4 Å². The summed E-state index contributed by atoms with van der Waals surface area (Å²) in [6.07, 6.45) is 1.36. The molecule has 0 amide bonds. The number of carboxylic acid groups (broad SMARTS) is 1. The van der Waals surface area contributed by atoms with Gasteiger partial charge in [-0.1, -0.05) is 34.8 Å². The van der Waals surface area contributed by atoms with Gasteiger partial charge in [0.2, 0.25) is 0 Å². The molecule has 0 aliphatic rings. The molecule has 4 nitrogen and oxygen atoms in total. The van der Waals surface area contributed by atoms with Gasteiger partial charge < -0.3 is 10.1 Å². The van der Waals surface area contributed by atoms with Crippen LogP contribution in [0.1, 0.15) is 10.4 Å². The van der Waals surface area contributed by atoms with Gasteiger partial charge in [-0.2, -0.15) is 0 Å². The summed E-state index contributed by atoms with van der Waals surface area (Å²) in [6, 6.07) is 4.18. The van der Waals surface area contributed by atoms with E-state index in [4.69, 9.17) is 39.9 Å². The van der Waals surface area contributed by atoms with E-state index in [9.17, 15) is 9.59 Å². The number of carbonyl (C=O) groups is 1. The average molecular weight is 319 g/mol. The standard InChI is InChI=1S/C12H6Cl3NO3/c13-8-3-10(15)9(14)2-6(8)5-1-7(12(18)19)11(17)16-4-5/h1-4H,(H,16,17)(H,18,19). The highest BCUT2D eigenvalue weighted by Crippen LogP contribution is 2.34. The average Bonchev–Trinajstić information content (AvgIpc) is 2.34. The number of halogens is 3. The predicted molar refractivity (Wildman–Crippen MR) is 74.5 cm³/mol. The lowest BCUT2D eigenvalue weighted by Gasteiger charge is -2.07. The van der Waals surface area contributed by atoms with E-state index in [1.807, 2.05) is 0 Å². The molecule has 1 aromatic carbocycles. The Labute approximate surface area is 122 Å². The fraction of sp³-hybridized carbons (Fsp3) is 0. The third-order valence-electron chi connectivity index (χ3n) is 2.45. The van der Waals surface area contributed by atoms with Crippen molar-refractivity contribution < 1.29 is 9.90 Å². The van der Waals surface area contributed by atoms with Crippen LogP contribution >= 0.6 is 34.8 Å². The summed E-state index contributed by atoms with van der Waals surface area (Å²) in [5.74, 6) is -1.32. The van der Waals surface area contributed by atoms with Crippen LogP contribution in [-0.4, -0.2) is 16.1 Å². The Morgan fingerprint density at radius 3 is 2.32 bits per heavy atom. The van der Waals surface area contributed by atoms with Crippen molar-refractivity contribution in [1.29, 1.82) is 0 Å². The Morgan fingerprint density at radius 2 is 1.68 bits per heavy atom. The van der Waals surface area contributed by atoms with E-state index in [-0.39, 0.29) is 10.6 Å². The number of carboxylic acids is 1. The Balaban J connectivity index is 2.66. The van der Waals surface area contributed by atoms with E-state index < -0.39 is 11.5 Å². The van der Waals surface area contributed by atoms with E-state index in [0.717, 1.165) is 0 Å². The van der Waals surface area contributed by atoms with Crippen molar-refractivity contribution in [2.24, 2.45) is 0 Å². The highest BCUT2D eigenvalue weighted by Gasteiger charge is 2.13. The minimum Gasteiger partial charge on any atom is -0.477 e. The Kier molecular flexibility index (Phi) is 3.85. The third-order valence-corrected chi connectivity index (χ3v) is 3.49. The Hall–Kier alpha value is -1.49. The molecule has 0 unspecified atom stereocenters. The highest BCUT2D eigenvalue weighted by molar-refractivity contribution is 6.44. The smallest absolute Gasteiger partial charge is 0.341 e. The van der Waals surface area contributed by atoms with Gasteiger partial charge in [-0.05, 0) is 18.2 Å². The van der Waals surface area contributed by atoms with E-state index in [2.05, 4.69) is 4.98 Å². The summed E-state index contributed by atoms with van der Waals surface area (Å²) >= 11 is 17.7. The molecule has 2 aromatic rings. The maximum atomic E-state index is 11.3. The molecule has 0 radical (unpaired) electrons. The number of nitrogens with one attached hydrogen (secondary N) is 1. The fourth-order valence-corrected chi connectivity index (χ4v) is 2.20. The first-order chi connectivity index (χ1) is 8.90. The molecule has 98 valence electrons. The number of aromatic nitrogens is 1. The highest BCUT2D eigenvalue weighted by atomic mass is 35.5. The predicted octanol–water partition coefficient (Wildman–Crippen LogP) is 3.70. The molecule has 2 N–H and O–H groups in total. The molecular formula is C12H6Cl3NO3. The lowest BCUT2D eigenvalue weighted by Crippen LogP contribution is -2.16. The zero-order valence-corrected chi connectivity index (χ0v) is 11.5. The molecular weight excluding hydrogens is 312 g/mol. The molecule has 7 heteroatoms. The molecule has 0 spiro atoms. The fourth-order valence-electron chi connectivity index (χ4n) is 1.54. The van der Waals surface area contributed by atoms with E-state index >= 15 is 0 Å². The molecule has 0 atom stereocenters. The summed E-state index contributed by atoms with van der Waals surface area (Å²) < 4.78 is 0. The Morgan fingerprint density at radius 1 is 1.05 bits per heavy atom. The molecule has 0 saturated heterocycles. The molecule has 19 heavy (non-hydrogen) atoms. The van der Waals surface area contributed by atoms with Gasteiger partial charge in [0.15, 0.2) is 0 Å². The molecule has 0 fully saturated rings. The van der Waals surface area contributed by atoms with Gasteiger partial charge in [-0.15, -0.1) is 0 Å². The number of benzene rings is 1. The number of aromatic carboxylic acids is 1. The molecule has 0 saturated carbocycles. The number of rotatable bonds is 2. The quantitative estimate of drug-likeness (QED) is 0.829. The van der Waals surface area contributed by atoms with Gasteiger partial charge in [0.25, 0.3) is 5.56 Å². The van der Waals surface area contributed by atoms with Crippen LogP contribution in [0.25, 0.3) is 11.1 Å². The van der Waals surface area contributed by atoms with E-state index in [1.54, 1.807) is 0 Å². The number of aromatic amines is 1. The normalized spacial score (nSPS) is 10.5. The number of hydrogen-bond acceptors (Lipinski definition) is 2. The summed E-state index contributed by atoms with van der Waals surface area (Å²) in [5.41, 5.74) is -0.151. The largest absolute Gasteiger partial charge is 0.477 e. The molecule has 1 heterocycles. The maximum Gasteiger partial charge on any atom is 0.341 e. The van der Waals surface area contributed by atoms with Crippen molar-refractivity contribution in [2.45, 2.75) is 0 Å². The molecule has 0 bridgehead atoms. The first-order valence-electron chi connectivity index (χ1n) is 5.01. The van der Waals surface area contributed by atoms with Gasteiger partial charge in [-0.25, -0.2) is 4.79 Å². The van der Waals surface area contributed by atoms with Gasteiger partial charge >= 0.3 is 5.97 Å². The second-order valence-electron chi connectivity index (χ2n) is 3.68. The van der Waals surface area contributed by atoms with Gasteiger partial charge in [0.1, 0.15) is 5.56 Å². The minimum absolute atomic E-state index is 0.282. The van der Waals surface area contributed by atoms with Crippen LogP contribution < -0.4 is 5.56 Å². The van der Waals surface area contributed by atoms with Crippen LogP contribution in [0.4, 0.5) is 0 Å². The Bertz CT molecular complexity index is 725. The van der Waals surface area contributed by atoms with E-state index in [0.29, 0.717) is 21.2 Å². The lowest BCUT2D eigenvalue weighted by molar-refractivity contribution is 0.0695. The monoisotopic (exact) mass is 317 g/mol. The molecule has 1 aromatic heterocycles. The van der Waals surface area contributed by atoms with Crippen LogP contribution in [0, 0.1) is 0 Å². The number of H-pyrrole nitrogens is 1. The minimum atomic E-state index is -1.32. The number of pyridine rings is 1. The second kappa shape index (κ2) is 5.25. The summed E-state index contributed by atoms with van der Waals surface area (Å²) in [4.78, 5) is 24.6. The van der Waals surface area contributed by atoms with Gasteiger partial charge in [-0.3, -0.25) is 4.79 Å². The van der Waals surface area contributed by atoms with Crippen LogP contribution in [0.2, 0.25) is 15.1 Å². The summed E-state index contributed by atoms with van der Waals surface area (Å²) in [7, 11) is 0. The summed E-state index contributed by atoms with van der Waals surface area (Å²) in [5, 5.41) is 9.78. The van der Waals surface area contributed by atoms with Gasteiger partial charge in [0, 0.05) is 17.3 Å². The summed E-state index contributed by atoms with van der Waals surface area (Å²) in [6.45, 7) is 0. The zero-order valence-electron chi connectivity index (χ0n) is 9.21. The third kappa shape index (κ3) is 2.76.